The Morgan fingerprint density at radius 1 is 1.39 bits per heavy atom. The van der Waals surface area contributed by atoms with Crippen LogP contribution in [0.5, 0.6) is 0 Å². The molecule has 0 spiro atoms. The van der Waals surface area contributed by atoms with E-state index in [1.807, 2.05) is 0 Å². The fourth-order valence-electron chi connectivity index (χ4n) is 2.44. The van der Waals surface area contributed by atoms with Crippen LogP contribution in [0.15, 0.2) is 22.5 Å². The minimum Gasteiger partial charge on any atom is -0.468 e. The Balaban J connectivity index is 2.25. The number of aromatic nitrogens is 2. The highest BCUT2D eigenvalue weighted by Crippen LogP contribution is 2.30. The smallest absolute Gasteiger partial charge is 0.316 e. The maximum atomic E-state index is 12.7. The van der Waals surface area contributed by atoms with Crippen LogP contribution in [-0.4, -0.2) is 60.6 Å². The van der Waals surface area contributed by atoms with E-state index in [4.69, 9.17) is 0 Å². The number of nitrogens with one attached hydrogen (secondary N) is 1. The van der Waals surface area contributed by atoms with Crippen molar-refractivity contribution in [1.82, 2.24) is 10.2 Å². The number of rotatable bonds is 9. The number of nitrogens with zero attached hydrogens (tertiary/aromatic N) is 4. The summed E-state index contributed by atoms with van der Waals surface area (Å²) in [4.78, 5) is 34.4. The molecule has 2 rings (SSSR count). The summed E-state index contributed by atoms with van der Waals surface area (Å²) >= 11 is 2.07. The first kappa shape index (κ1) is 24.5. The van der Waals surface area contributed by atoms with E-state index < -0.39 is 32.9 Å². The summed E-state index contributed by atoms with van der Waals surface area (Å²) in [6.45, 7) is 2.93. The van der Waals surface area contributed by atoms with Crippen LogP contribution in [0.2, 0.25) is 0 Å². The largest absolute Gasteiger partial charge is 0.468 e. The van der Waals surface area contributed by atoms with Crippen LogP contribution in [0.4, 0.5) is 16.5 Å². The molecule has 1 N–H and O–H groups in total. The third kappa shape index (κ3) is 6.35. The number of nitro groups is 1. The fraction of sp³-hybridized carbons (Fsp3) is 0.375. The van der Waals surface area contributed by atoms with Gasteiger partial charge in [0.05, 0.1) is 29.7 Å². The number of non-ortho nitro benzene ring substituents is 1. The second-order valence-electron chi connectivity index (χ2n) is 6.19. The molecule has 0 fully saturated rings. The average molecular weight is 490 g/mol. The van der Waals surface area contributed by atoms with Gasteiger partial charge in [0, 0.05) is 12.1 Å². The molecule has 0 aliphatic heterocycles. The highest BCUT2D eigenvalue weighted by molar-refractivity contribution is 8.01. The topological polar surface area (TPSA) is 162 Å². The van der Waals surface area contributed by atoms with Crippen LogP contribution in [-0.2, 0) is 24.3 Å². The Hall–Kier alpha value is -2.78. The molecule has 0 bridgehead atoms. The zero-order valence-electron chi connectivity index (χ0n) is 16.9. The first-order chi connectivity index (χ1) is 14.4. The Labute approximate surface area is 186 Å². The van der Waals surface area contributed by atoms with Gasteiger partial charge in [-0.2, -0.15) is 0 Å². The number of ether oxygens (including phenoxy) is 1. The molecule has 1 heterocycles. The van der Waals surface area contributed by atoms with Crippen LogP contribution < -0.4 is 9.62 Å². The lowest BCUT2D eigenvalue weighted by Gasteiger charge is -2.29. The predicted octanol–water partition coefficient (Wildman–Crippen LogP) is 1.81. The van der Waals surface area contributed by atoms with Crippen molar-refractivity contribution < 1.29 is 27.7 Å². The summed E-state index contributed by atoms with van der Waals surface area (Å²) in [5.41, 5.74) is 0.150. The molecule has 12 nitrogen and oxygen atoms in total. The van der Waals surface area contributed by atoms with Gasteiger partial charge in [-0.25, -0.2) is 8.42 Å². The Morgan fingerprint density at radius 3 is 2.65 bits per heavy atom. The van der Waals surface area contributed by atoms with Gasteiger partial charge in [-0.3, -0.25) is 29.3 Å². The van der Waals surface area contributed by atoms with Crippen molar-refractivity contribution in [3.05, 3.63) is 33.9 Å². The standard InChI is InChI=1S/C16H19N5O7S3/c1-9-5-6-11(21(24)25)7-12(9)20(31(4,26)27)10(2)14(23)17-15-18-19-16(30-15)29-8-13(22)28-3/h5-7,10H,8H2,1-4H3,(H,17,18,23)/t10-/m1/s1. The summed E-state index contributed by atoms with van der Waals surface area (Å²) in [7, 11) is -2.72. The molecule has 2 aromatic rings. The fourth-order valence-corrected chi connectivity index (χ4v) is 5.25. The van der Waals surface area contributed by atoms with E-state index in [9.17, 15) is 28.1 Å². The Morgan fingerprint density at radius 2 is 2.06 bits per heavy atom. The number of carbonyl (C=O) groups is 2. The molecule has 1 aromatic carbocycles. The number of carbonyl (C=O) groups excluding carboxylic acids is 2. The zero-order chi connectivity index (χ0) is 23.3. The molecule has 0 radical (unpaired) electrons. The van der Waals surface area contributed by atoms with Gasteiger partial charge in [-0.05, 0) is 19.4 Å². The quantitative estimate of drug-likeness (QED) is 0.181. The maximum Gasteiger partial charge on any atom is 0.316 e. The lowest BCUT2D eigenvalue weighted by Crippen LogP contribution is -2.45. The second-order valence-corrected chi connectivity index (χ2v) is 10.2. The number of anilines is 2. The van der Waals surface area contributed by atoms with Crippen molar-refractivity contribution in [2.24, 2.45) is 0 Å². The molecule has 1 aromatic heterocycles. The molecule has 0 aliphatic carbocycles. The summed E-state index contributed by atoms with van der Waals surface area (Å²) in [5.74, 6) is -1.14. The molecule has 168 valence electrons. The molecular weight excluding hydrogens is 470 g/mol. The van der Waals surface area contributed by atoms with E-state index in [2.05, 4.69) is 20.3 Å². The van der Waals surface area contributed by atoms with E-state index >= 15 is 0 Å². The minimum absolute atomic E-state index is 0.0173. The maximum absolute atomic E-state index is 12.7. The summed E-state index contributed by atoms with van der Waals surface area (Å²) in [6, 6.07) is 2.52. The van der Waals surface area contributed by atoms with Gasteiger partial charge in [0.1, 0.15) is 6.04 Å². The average Bonchev–Trinajstić information content (AvgIpc) is 3.13. The molecule has 1 atom stereocenters. The highest BCUT2D eigenvalue weighted by Gasteiger charge is 2.31. The van der Waals surface area contributed by atoms with Crippen LogP contribution in [0, 0.1) is 17.0 Å². The number of methoxy groups -OCH3 is 1. The van der Waals surface area contributed by atoms with Crippen LogP contribution in [0.1, 0.15) is 12.5 Å². The summed E-state index contributed by atoms with van der Waals surface area (Å²) in [5, 5.41) is 21.3. The molecule has 31 heavy (non-hydrogen) atoms. The summed E-state index contributed by atoms with van der Waals surface area (Å²) in [6.07, 6.45) is 0.904. The van der Waals surface area contributed by atoms with Crippen LogP contribution in [0.3, 0.4) is 0 Å². The van der Waals surface area contributed by atoms with Crippen LogP contribution in [0.25, 0.3) is 0 Å². The normalized spacial score (nSPS) is 12.1. The van der Waals surface area contributed by atoms with Crippen molar-refractivity contribution in [2.75, 3.05) is 28.7 Å². The number of nitro benzene ring substituents is 1. The number of hydrogen-bond donors (Lipinski definition) is 1. The molecule has 1 amide bonds. The third-order valence-electron chi connectivity index (χ3n) is 3.91. The molecular formula is C16H19N5O7S3. The zero-order valence-corrected chi connectivity index (χ0v) is 19.3. The van der Waals surface area contributed by atoms with E-state index in [1.54, 1.807) is 6.92 Å². The monoisotopic (exact) mass is 489 g/mol. The first-order valence-corrected chi connectivity index (χ1v) is 12.2. The van der Waals surface area contributed by atoms with Gasteiger partial charge in [0.2, 0.25) is 21.1 Å². The first-order valence-electron chi connectivity index (χ1n) is 8.52. The number of hydrogen-bond acceptors (Lipinski definition) is 11. The molecule has 15 heteroatoms. The van der Waals surface area contributed by atoms with Gasteiger partial charge in [0.25, 0.3) is 5.69 Å². The van der Waals surface area contributed by atoms with Gasteiger partial charge in [-0.15, -0.1) is 10.2 Å². The van der Waals surface area contributed by atoms with Crippen molar-refractivity contribution in [1.29, 1.82) is 0 Å². The van der Waals surface area contributed by atoms with Crippen LogP contribution >= 0.6 is 23.1 Å². The van der Waals surface area contributed by atoms with E-state index in [0.29, 0.717) is 9.90 Å². The molecule has 0 aliphatic rings. The van der Waals surface area contributed by atoms with Gasteiger partial charge in [0.15, 0.2) is 4.34 Å². The number of amides is 1. The van der Waals surface area contributed by atoms with E-state index in [0.717, 1.165) is 39.7 Å². The lowest BCUT2D eigenvalue weighted by atomic mass is 10.1. The van der Waals surface area contributed by atoms with Crippen molar-refractivity contribution >= 4 is 61.5 Å². The van der Waals surface area contributed by atoms with Crippen molar-refractivity contribution in [2.45, 2.75) is 24.2 Å². The molecule has 0 saturated heterocycles. The minimum atomic E-state index is -3.97. The number of benzene rings is 1. The SMILES string of the molecule is COC(=O)CSc1nnc(NC(=O)[C@@H](C)N(c2cc([N+](=O)[O-])ccc2C)S(C)(=O)=O)s1. The van der Waals surface area contributed by atoms with Gasteiger partial charge >= 0.3 is 5.97 Å². The van der Waals surface area contributed by atoms with Gasteiger partial charge in [-0.1, -0.05) is 29.2 Å². The molecule has 0 unspecified atom stereocenters. The third-order valence-corrected chi connectivity index (χ3v) is 7.08. The number of thioether (sulfide) groups is 1. The van der Waals surface area contributed by atoms with E-state index in [-0.39, 0.29) is 22.3 Å². The number of esters is 1. The number of sulfonamides is 1. The van der Waals surface area contributed by atoms with Crippen molar-refractivity contribution in [3.8, 4) is 0 Å². The predicted molar refractivity (Wildman–Crippen MR) is 116 cm³/mol. The second kappa shape index (κ2) is 10.0. The molecule has 0 saturated carbocycles. The lowest BCUT2D eigenvalue weighted by molar-refractivity contribution is -0.384. The highest BCUT2D eigenvalue weighted by atomic mass is 32.2. The Bertz CT molecular complexity index is 1100. The Kier molecular flexibility index (Phi) is 7.91. The summed E-state index contributed by atoms with van der Waals surface area (Å²) < 4.78 is 30.7. The number of aryl methyl sites for hydroxylation is 1. The van der Waals surface area contributed by atoms with E-state index in [1.165, 1.54) is 26.2 Å². The van der Waals surface area contributed by atoms with Gasteiger partial charge < -0.3 is 4.74 Å². The van der Waals surface area contributed by atoms with Crippen molar-refractivity contribution in [3.63, 3.8) is 0 Å².